The van der Waals surface area contributed by atoms with Gasteiger partial charge in [0, 0.05) is 34.2 Å². The second-order valence-corrected chi connectivity index (χ2v) is 7.01. The predicted molar refractivity (Wildman–Crippen MR) is 101 cm³/mol. The molecule has 2 nitrogen and oxygen atoms in total. The standard InChI is InChI=1S/C20H19BrN2/c21-16-10-8-15(9-11-16)19-14-20(23-12-4-1-5-13-23)17-6-2-3-7-18(17)22-19/h2-3,6-11,14H,1,4-5,12-13H2. The summed E-state index contributed by atoms with van der Waals surface area (Å²) in [5.74, 6) is 0. The Morgan fingerprint density at radius 3 is 2.39 bits per heavy atom. The summed E-state index contributed by atoms with van der Waals surface area (Å²) < 4.78 is 1.10. The van der Waals surface area contributed by atoms with Crippen molar-refractivity contribution in [1.82, 2.24) is 4.98 Å². The van der Waals surface area contributed by atoms with Gasteiger partial charge in [-0.2, -0.15) is 0 Å². The fourth-order valence-electron chi connectivity index (χ4n) is 3.32. The number of nitrogens with zero attached hydrogens (tertiary/aromatic N) is 2. The highest BCUT2D eigenvalue weighted by Gasteiger charge is 2.15. The van der Waals surface area contributed by atoms with Gasteiger partial charge in [0.05, 0.1) is 11.2 Å². The second kappa shape index (κ2) is 6.32. The molecule has 0 unspecified atom stereocenters. The van der Waals surface area contributed by atoms with Gasteiger partial charge in [-0.15, -0.1) is 0 Å². The molecule has 23 heavy (non-hydrogen) atoms. The highest BCUT2D eigenvalue weighted by Crippen LogP contribution is 2.32. The van der Waals surface area contributed by atoms with Crippen LogP contribution in [0.15, 0.2) is 59.1 Å². The number of fused-ring (bicyclic) bond motifs is 1. The molecule has 1 saturated heterocycles. The molecule has 0 aliphatic carbocycles. The molecule has 0 radical (unpaired) electrons. The molecule has 1 aliphatic heterocycles. The van der Waals surface area contributed by atoms with Crippen molar-refractivity contribution in [3.8, 4) is 11.3 Å². The lowest BCUT2D eigenvalue weighted by molar-refractivity contribution is 0.579. The quantitative estimate of drug-likeness (QED) is 0.581. The molecule has 1 fully saturated rings. The van der Waals surface area contributed by atoms with Crippen LogP contribution in [0.1, 0.15) is 19.3 Å². The molecule has 0 bridgehead atoms. The van der Waals surface area contributed by atoms with Gasteiger partial charge < -0.3 is 4.90 Å². The maximum atomic E-state index is 4.89. The van der Waals surface area contributed by atoms with E-state index in [4.69, 9.17) is 4.98 Å². The Hall–Kier alpha value is -1.87. The molecule has 3 heteroatoms. The fraction of sp³-hybridized carbons (Fsp3) is 0.250. The molecule has 1 aromatic heterocycles. The monoisotopic (exact) mass is 366 g/mol. The third-order valence-corrected chi connectivity index (χ3v) is 5.06. The first-order valence-corrected chi connectivity index (χ1v) is 9.01. The Kier molecular flexibility index (Phi) is 4.04. The van der Waals surface area contributed by atoms with Crippen molar-refractivity contribution < 1.29 is 0 Å². The number of piperidine rings is 1. The molecular formula is C20H19BrN2. The third-order valence-electron chi connectivity index (χ3n) is 4.53. The largest absolute Gasteiger partial charge is 0.371 e. The van der Waals surface area contributed by atoms with Crippen LogP contribution in [0.5, 0.6) is 0 Å². The molecule has 2 heterocycles. The third kappa shape index (κ3) is 2.98. The van der Waals surface area contributed by atoms with Crippen LogP contribution in [0.3, 0.4) is 0 Å². The van der Waals surface area contributed by atoms with Crippen molar-refractivity contribution in [2.45, 2.75) is 19.3 Å². The molecule has 3 aromatic rings. The number of para-hydroxylation sites is 1. The van der Waals surface area contributed by atoms with E-state index in [0.29, 0.717) is 0 Å². The number of pyridine rings is 1. The van der Waals surface area contributed by atoms with Crippen molar-refractivity contribution in [3.63, 3.8) is 0 Å². The molecule has 0 spiro atoms. The van der Waals surface area contributed by atoms with Crippen LogP contribution >= 0.6 is 15.9 Å². The number of benzene rings is 2. The Labute approximate surface area is 145 Å². The Morgan fingerprint density at radius 1 is 0.870 bits per heavy atom. The molecule has 0 amide bonds. The Bertz CT molecular complexity index is 821. The zero-order chi connectivity index (χ0) is 15.6. The summed E-state index contributed by atoms with van der Waals surface area (Å²) in [5.41, 5.74) is 4.62. The molecule has 4 rings (SSSR count). The predicted octanol–water partition coefficient (Wildman–Crippen LogP) is 5.65. The van der Waals surface area contributed by atoms with Gasteiger partial charge >= 0.3 is 0 Å². The lowest BCUT2D eigenvalue weighted by atomic mass is 10.0. The first-order chi connectivity index (χ1) is 11.3. The van der Waals surface area contributed by atoms with Gasteiger partial charge in [-0.05, 0) is 43.5 Å². The summed E-state index contributed by atoms with van der Waals surface area (Å²) in [6.45, 7) is 2.29. The summed E-state index contributed by atoms with van der Waals surface area (Å²) in [6, 6.07) is 19.2. The van der Waals surface area contributed by atoms with Gasteiger partial charge in [-0.25, -0.2) is 4.98 Å². The Morgan fingerprint density at radius 2 is 1.61 bits per heavy atom. The van der Waals surface area contributed by atoms with Crippen LogP contribution in [-0.4, -0.2) is 18.1 Å². The minimum atomic E-state index is 1.05. The molecular weight excluding hydrogens is 348 g/mol. The van der Waals surface area contributed by atoms with E-state index in [0.717, 1.165) is 34.3 Å². The second-order valence-electron chi connectivity index (χ2n) is 6.10. The minimum Gasteiger partial charge on any atom is -0.371 e. The van der Waals surface area contributed by atoms with Crippen LogP contribution < -0.4 is 4.90 Å². The van der Waals surface area contributed by atoms with Crippen LogP contribution in [0, 0.1) is 0 Å². The SMILES string of the molecule is Brc1ccc(-c2cc(N3CCCCC3)c3ccccc3n2)cc1. The summed E-state index contributed by atoms with van der Waals surface area (Å²) in [5, 5.41) is 1.26. The average Bonchev–Trinajstić information content (AvgIpc) is 2.62. The minimum absolute atomic E-state index is 1.05. The van der Waals surface area contributed by atoms with E-state index >= 15 is 0 Å². The van der Waals surface area contributed by atoms with E-state index in [1.807, 2.05) is 0 Å². The van der Waals surface area contributed by atoms with Crippen LogP contribution in [-0.2, 0) is 0 Å². The lowest BCUT2D eigenvalue weighted by Crippen LogP contribution is -2.29. The molecule has 116 valence electrons. The summed E-state index contributed by atoms with van der Waals surface area (Å²) in [6.07, 6.45) is 3.91. The van der Waals surface area contributed by atoms with Gasteiger partial charge in [0.2, 0.25) is 0 Å². The van der Waals surface area contributed by atoms with Crippen molar-refractivity contribution >= 4 is 32.5 Å². The average molecular weight is 367 g/mol. The molecule has 0 saturated carbocycles. The normalized spacial score (nSPS) is 15.1. The first kappa shape index (κ1) is 14.7. The van der Waals surface area contributed by atoms with E-state index in [9.17, 15) is 0 Å². The van der Waals surface area contributed by atoms with Gasteiger partial charge in [-0.1, -0.05) is 46.3 Å². The van der Waals surface area contributed by atoms with E-state index in [1.165, 1.54) is 30.3 Å². The van der Waals surface area contributed by atoms with Gasteiger partial charge in [0.15, 0.2) is 0 Å². The number of hydrogen-bond acceptors (Lipinski definition) is 2. The zero-order valence-corrected chi connectivity index (χ0v) is 14.6. The van der Waals surface area contributed by atoms with E-state index in [-0.39, 0.29) is 0 Å². The van der Waals surface area contributed by atoms with Crippen LogP contribution in [0.25, 0.3) is 22.2 Å². The molecule has 1 aliphatic rings. The van der Waals surface area contributed by atoms with Gasteiger partial charge in [0.1, 0.15) is 0 Å². The number of anilines is 1. The topological polar surface area (TPSA) is 16.1 Å². The van der Waals surface area contributed by atoms with Gasteiger partial charge in [0.25, 0.3) is 0 Å². The van der Waals surface area contributed by atoms with Crippen molar-refractivity contribution in [3.05, 3.63) is 59.1 Å². The summed E-state index contributed by atoms with van der Waals surface area (Å²) in [7, 11) is 0. The first-order valence-electron chi connectivity index (χ1n) is 8.22. The zero-order valence-electron chi connectivity index (χ0n) is 13.0. The van der Waals surface area contributed by atoms with E-state index in [2.05, 4.69) is 75.4 Å². The highest BCUT2D eigenvalue weighted by atomic mass is 79.9. The van der Waals surface area contributed by atoms with Crippen molar-refractivity contribution in [2.24, 2.45) is 0 Å². The number of halogens is 1. The molecule has 2 aromatic carbocycles. The summed E-state index contributed by atoms with van der Waals surface area (Å²) in [4.78, 5) is 7.41. The van der Waals surface area contributed by atoms with Crippen LogP contribution in [0.2, 0.25) is 0 Å². The number of rotatable bonds is 2. The Balaban J connectivity index is 1.87. The van der Waals surface area contributed by atoms with Crippen LogP contribution in [0.4, 0.5) is 5.69 Å². The van der Waals surface area contributed by atoms with E-state index < -0.39 is 0 Å². The molecule has 0 atom stereocenters. The van der Waals surface area contributed by atoms with Gasteiger partial charge in [-0.3, -0.25) is 0 Å². The van der Waals surface area contributed by atoms with Crippen molar-refractivity contribution in [1.29, 1.82) is 0 Å². The lowest BCUT2D eigenvalue weighted by Gasteiger charge is -2.30. The number of aromatic nitrogens is 1. The van der Waals surface area contributed by atoms with Crippen molar-refractivity contribution in [2.75, 3.05) is 18.0 Å². The summed E-state index contributed by atoms with van der Waals surface area (Å²) >= 11 is 3.51. The number of hydrogen-bond donors (Lipinski definition) is 0. The maximum absolute atomic E-state index is 4.89. The smallest absolute Gasteiger partial charge is 0.0730 e. The molecule has 0 N–H and O–H groups in total. The highest BCUT2D eigenvalue weighted by molar-refractivity contribution is 9.10. The van der Waals surface area contributed by atoms with E-state index in [1.54, 1.807) is 0 Å². The maximum Gasteiger partial charge on any atom is 0.0730 e. The fourth-order valence-corrected chi connectivity index (χ4v) is 3.59.